The Labute approximate surface area is 85.1 Å². The molecule has 0 aromatic heterocycles. The molecular weight excluding hydrogens is 206 g/mol. The Hall–Kier alpha value is -0.170. The molecule has 5 nitrogen and oxygen atoms in total. The van der Waals surface area contributed by atoms with Crippen LogP contribution in [0.15, 0.2) is 0 Å². The molecule has 0 saturated heterocycles. The van der Waals surface area contributed by atoms with E-state index in [2.05, 4.69) is 5.32 Å². The van der Waals surface area contributed by atoms with E-state index < -0.39 is 15.9 Å². The molecule has 0 aliphatic heterocycles. The van der Waals surface area contributed by atoms with Gasteiger partial charge in [0.05, 0.1) is 18.5 Å². The molecule has 0 aliphatic rings. The standard InChI is InChI=1S/C8H19NO4S/c1-2-4-14(12,13)5-3-9-6-8(11)7-10/h8-11H,2-7H2,1H3. The number of rotatable bonds is 8. The van der Waals surface area contributed by atoms with Gasteiger partial charge in [0.15, 0.2) is 9.84 Å². The first-order valence-corrected chi connectivity index (χ1v) is 6.54. The van der Waals surface area contributed by atoms with Crippen LogP contribution in [0.25, 0.3) is 0 Å². The van der Waals surface area contributed by atoms with Gasteiger partial charge in [-0.2, -0.15) is 0 Å². The normalized spacial score (nSPS) is 14.2. The molecule has 0 aromatic rings. The van der Waals surface area contributed by atoms with Crippen LogP contribution in [0.4, 0.5) is 0 Å². The van der Waals surface area contributed by atoms with Crippen LogP contribution in [0.2, 0.25) is 0 Å². The third kappa shape index (κ3) is 7.25. The molecule has 0 rings (SSSR count). The molecule has 0 radical (unpaired) electrons. The van der Waals surface area contributed by atoms with E-state index in [1.54, 1.807) is 0 Å². The highest BCUT2D eigenvalue weighted by Gasteiger charge is 2.08. The van der Waals surface area contributed by atoms with E-state index in [1.807, 2.05) is 6.92 Å². The number of aliphatic hydroxyl groups excluding tert-OH is 2. The van der Waals surface area contributed by atoms with E-state index in [-0.39, 0.29) is 24.7 Å². The fourth-order valence-corrected chi connectivity index (χ4v) is 2.26. The van der Waals surface area contributed by atoms with Crippen molar-refractivity contribution in [2.24, 2.45) is 0 Å². The summed E-state index contributed by atoms with van der Waals surface area (Å²) >= 11 is 0. The molecule has 0 saturated carbocycles. The van der Waals surface area contributed by atoms with Gasteiger partial charge in [-0.3, -0.25) is 0 Å². The molecule has 14 heavy (non-hydrogen) atoms. The maximum atomic E-state index is 11.2. The Bertz CT molecular complexity index is 227. The Morgan fingerprint density at radius 2 is 2.00 bits per heavy atom. The molecule has 0 bridgehead atoms. The third-order valence-corrected chi connectivity index (χ3v) is 3.55. The van der Waals surface area contributed by atoms with Crippen molar-refractivity contribution in [1.29, 1.82) is 0 Å². The summed E-state index contributed by atoms with van der Waals surface area (Å²) in [4.78, 5) is 0. The highest BCUT2D eigenvalue weighted by Crippen LogP contribution is 1.92. The monoisotopic (exact) mass is 225 g/mol. The Morgan fingerprint density at radius 1 is 1.36 bits per heavy atom. The average Bonchev–Trinajstić information content (AvgIpc) is 2.12. The van der Waals surface area contributed by atoms with E-state index in [9.17, 15) is 8.42 Å². The first-order chi connectivity index (χ1) is 6.52. The van der Waals surface area contributed by atoms with Gasteiger partial charge >= 0.3 is 0 Å². The number of hydrogen-bond acceptors (Lipinski definition) is 5. The maximum Gasteiger partial charge on any atom is 0.151 e. The lowest BCUT2D eigenvalue weighted by molar-refractivity contribution is 0.0950. The van der Waals surface area contributed by atoms with Gasteiger partial charge in [-0.05, 0) is 6.42 Å². The zero-order chi connectivity index (χ0) is 11.0. The summed E-state index contributed by atoms with van der Waals surface area (Å²) in [5, 5.41) is 20.2. The molecule has 0 amide bonds. The Kier molecular flexibility index (Phi) is 7.08. The molecule has 0 spiro atoms. The predicted molar refractivity (Wildman–Crippen MR) is 54.9 cm³/mol. The van der Waals surface area contributed by atoms with Gasteiger partial charge in [0, 0.05) is 18.8 Å². The van der Waals surface area contributed by atoms with Crippen LogP contribution in [0, 0.1) is 0 Å². The number of nitrogens with one attached hydrogen (secondary N) is 1. The molecule has 1 unspecified atom stereocenters. The highest BCUT2D eigenvalue weighted by molar-refractivity contribution is 7.91. The van der Waals surface area contributed by atoms with Crippen LogP contribution in [0.1, 0.15) is 13.3 Å². The third-order valence-electron chi connectivity index (χ3n) is 1.70. The van der Waals surface area contributed by atoms with Crippen molar-refractivity contribution in [2.45, 2.75) is 19.4 Å². The molecular formula is C8H19NO4S. The molecule has 0 heterocycles. The molecule has 0 fully saturated rings. The molecule has 0 aliphatic carbocycles. The largest absolute Gasteiger partial charge is 0.394 e. The van der Waals surface area contributed by atoms with Crippen LogP contribution in [0.3, 0.4) is 0 Å². The van der Waals surface area contributed by atoms with Crippen molar-refractivity contribution in [2.75, 3.05) is 31.2 Å². The summed E-state index contributed by atoms with van der Waals surface area (Å²) in [5.41, 5.74) is 0. The fraction of sp³-hybridized carbons (Fsp3) is 1.00. The summed E-state index contributed by atoms with van der Waals surface area (Å²) in [6.45, 7) is 2.05. The van der Waals surface area contributed by atoms with Crippen molar-refractivity contribution >= 4 is 9.84 Å². The molecule has 86 valence electrons. The molecule has 3 N–H and O–H groups in total. The van der Waals surface area contributed by atoms with Crippen LogP contribution >= 0.6 is 0 Å². The van der Waals surface area contributed by atoms with Gasteiger partial charge in [-0.25, -0.2) is 8.42 Å². The SMILES string of the molecule is CCCS(=O)(=O)CCNCC(O)CO. The quantitative estimate of drug-likeness (QED) is 0.450. The lowest BCUT2D eigenvalue weighted by Gasteiger charge is -2.08. The Balaban J connectivity index is 3.54. The summed E-state index contributed by atoms with van der Waals surface area (Å²) in [6, 6.07) is 0. The summed E-state index contributed by atoms with van der Waals surface area (Å²) in [7, 11) is -2.94. The first-order valence-electron chi connectivity index (χ1n) is 4.72. The van der Waals surface area contributed by atoms with Gasteiger partial charge in [0.2, 0.25) is 0 Å². The first kappa shape index (κ1) is 13.8. The zero-order valence-corrected chi connectivity index (χ0v) is 9.26. The van der Waals surface area contributed by atoms with E-state index in [0.29, 0.717) is 13.0 Å². The predicted octanol–water partition coefficient (Wildman–Crippen LogP) is -1.25. The molecule has 1 atom stereocenters. The minimum atomic E-state index is -2.94. The summed E-state index contributed by atoms with van der Waals surface area (Å²) in [6.07, 6.45) is -0.189. The number of aliphatic hydroxyl groups is 2. The second kappa shape index (κ2) is 7.17. The van der Waals surface area contributed by atoms with Crippen LogP contribution in [0.5, 0.6) is 0 Å². The van der Waals surface area contributed by atoms with Gasteiger partial charge < -0.3 is 15.5 Å². The second-order valence-electron chi connectivity index (χ2n) is 3.19. The van der Waals surface area contributed by atoms with Crippen LogP contribution < -0.4 is 5.32 Å². The van der Waals surface area contributed by atoms with Crippen LogP contribution in [-0.4, -0.2) is 55.9 Å². The fourth-order valence-electron chi connectivity index (χ4n) is 0.974. The van der Waals surface area contributed by atoms with Crippen molar-refractivity contribution in [1.82, 2.24) is 5.32 Å². The smallest absolute Gasteiger partial charge is 0.151 e. The maximum absolute atomic E-state index is 11.2. The second-order valence-corrected chi connectivity index (χ2v) is 5.50. The number of sulfone groups is 1. The van der Waals surface area contributed by atoms with Crippen LogP contribution in [-0.2, 0) is 9.84 Å². The molecule has 0 aromatic carbocycles. The van der Waals surface area contributed by atoms with Crippen molar-refractivity contribution in [3.8, 4) is 0 Å². The summed E-state index contributed by atoms with van der Waals surface area (Å²) in [5.74, 6) is 0.288. The topological polar surface area (TPSA) is 86.6 Å². The van der Waals surface area contributed by atoms with Crippen molar-refractivity contribution in [3.05, 3.63) is 0 Å². The lowest BCUT2D eigenvalue weighted by Crippen LogP contribution is -2.33. The van der Waals surface area contributed by atoms with Crippen molar-refractivity contribution < 1.29 is 18.6 Å². The van der Waals surface area contributed by atoms with Gasteiger partial charge in [0.1, 0.15) is 0 Å². The van der Waals surface area contributed by atoms with Gasteiger partial charge in [0.25, 0.3) is 0 Å². The molecule has 6 heteroatoms. The zero-order valence-electron chi connectivity index (χ0n) is 8.44. The van der Waals surface area contributed by atoms with E-state index >= 15 is 0 Å². The van der Waals surface area contributed by atoms with Gasteiger partial charge in [-0.1, -0.05) is 6.92 Å². The van der Waals surface area contributed by atoms with Crippen molar-refractivity contribution in [3.63, 3.8) is 0 Å². The van der Waals surface area contributed by atoms with Gasteiger partial charge in [-0.15, -0.1) is 0 Å². The average molecular weight is 225 g/mol. The minimum Gasteiger partial charge on any atom is -0.394 e. The lowest BCUT2D eigenvalue weighted by atomic mass is 10.4. The van der Waals surface area contributed by atoms with E-state index in [4.69, 9.17) is 10.2 Å². The number of hydrogen-bond donors (Lipinski definition) is 3. The highest BCUT2D eigenvalue weighted by atomic mass is 32.2. The van der Waals surface area contributed by atoms with E-state index in [1.165, 1.54) is 0 Å². The minimum absolute atomic E-state index is 0.0823. The Morgan fingerprint density at radius 3 is 2.50 bits per heavy atom. The summed E-state index contributed by atoms with van der Waals surface area (Å²) < 4.78 is 22.4. The van der Waals surface area contributed by atoms with E-state index in [0.717, 1.165) is 0 Å².